The minimum absolute atomic E-state index is 0.0699. The maximum atomic E-state index is 13.9. The first-order valence-corrected chi connectivity index (χ1v) is 13.8. The van der Waals surface area contributed by atoms with Gasteiger partial charge < -0.3 is 31.3 Å². The number of rotatable bonds is 11. The molecule has 0 radical (unpaired) electrons. The summed E-state index contributed by atoms with van der Waals surface area (Å²) in [6.45, 7) is 10.6. The first kappa shape index (κ1) is 30.4. The van der Waals surface area contributed by atoms with Crippen LogP contribution in [-0.4, -0.2) is 77.2 Å². The molecule has 0 spiro atoms. The Morgan fingerprint density at radius 2 is 1.59 bits per heavy atom. The number of hydrogen-bond donors (Lipinski definition) is 4. The minimum atomic E-state index is -1.10. The molecule has 12 nitrogen and oxygen atoms in total. The van der Waals surface area contributed by atoms with Crippen molar-refractivity contribution in [2.24, 2.45) is 28.9 Å². The number of ketones is 1. The number of likely N-dealkylation sites (tertiary alicyclic amines) is 1. The third kappa shape index (κ3) is 7.48. The van der Waals surface area contributed by atoms with Gasteiger partial charge in [-0.3, -0.25) is 19.2 Å². The molecule has 5 N–H and O–H groups in total. The number of amides is 5. The fourth-order valence-electron chi connectivity index (χ4n) is 5.32. The monoisotopic (exact) mass is 549 g/mol. The second kappa shape index (κ2) is 11.9. The Kier molecular flexibility index (Phi) is 9.27. The predicted molar refractivity (Wildman–Crippen MR) is 141 cm³/mol. The Bertz CT molecular complexity index is 1000. The summed E-state index contributed by atoms with van der Waals surface area (Å²) in [5, 5.41) is 7.93. The topological polar surface area (TPSA) is 177 Å². The Morgan fingerprint density at radius 1 is 0.949 bits per heavy atom. The summed E-state index contributed by atoms with van der Waals surface area (Å²) in [6.07, 6.45) is 3.47. The molecule has 3 rings (SSSR count). The van der Waals surface area contributed by atoms with Gasteiger partial charge in [0, 0.05) is 6.54 Å². The molecule has 5 amide bonds. The molecule has 0 aromatic heterocycles. The average molecular weight is 550 g/mol. The molecule has 1 unspecified atom stereocenters. The van der Waals surface area contributed by atoms with E-state index in [0.29, 0.717) is 13.0 Å². The van der Waals surface area contributed by atoms with Gasteiger partial charge in [-0.15, -0.1) is 0 Å². The van der Waals surface area contributed by atoms with Crippen molar-refractivity contribution < 1.29 is 33.5 Å². The molecule has 2 saturated carbocycles. The van der Waals surface area contributed by atoms with Crippen LogP contribution in [0.2, 0.25) is 0 Å². The lowest BCUT2D eigenvalue weighted by atomic mass is 9.73. The summed E-state index contributed by atoms with van der Waals surface area (Å²) in [5.74, 6) is -3.13. The highest BCUT2D eigenvalue weighted by Crippen LogP contribution is 2.45. The molecule has 12 heteroatoms. The van der Waals surface area contributed by atoms with Crippen LogP contribution < -0.4 is 21.7 Å². The van der Waals surface area contributed by atoms with Gasteiger partial charge in [-0.1, -0.05) is 33.6 Å². The molecule has 6 atom stereocenters. The zero-order valence-corrected chi connectivity index (χ0v) is 23.7. The fourth-order valence-corrected chi connectivity index (χ4v) is 5.32. The number of fused-ring (bicyclic) bond motifs is 1. The number of carbonyl (C=O) groups is 6. The molecule has 0 aromatic rings. The van der Waals surface area contributed by atoms with Crippen LogP contribution in [0.25, 0.3) is 0 Å². The number of Topliss-reactive ketones (excluding diaryl/α,β-unsaturated/α-hetero) is 1. The summed E-state index contributed by atoms with van der Waals surface area (Å²) in [4.78, 5) is 77.9. The standard InChI is InChI=1S/C27H43N5O7/c1-13(2)39-25(37)14(3)29-26(38)31-21(27(4,5)6)24(36)32-12-16-9-10-17(16)19(32)23(35)30-18(11-15-7-8-15)20(33)22(28)34/h13-19,21H,7-12H2,1-6H3,(H2,28,34)(H,30,35)(H2,29,31,38)/t14-,16-,17-,18?,19-,21+/m0/s1. The highest BCUT2D eigenvalue weighted by atomic mass is 16.5. The molecule has 2 aliphatic carbocycles. The van der Waals surface area contributed by atoms with Crippen molar-refractivity contribution in [2.45, 2.75) is 104 Å². The molecule has 39 heavy (non-hydrogen) atoms. The van der Waals surface area contributed by atoms with Gasteiger partial charge in [0.15, 0.2) is 0 Å². The van der Waals surface area contributed by atoms with Crippen molar-refractivity contribution in [3.8, 4) is 0 Å². The first-order chi connectivity index (χ1) is 18.1. The fraction of sp³-hybridized carbons (Fsp3) is 0.778. The summed E-state index contributed by atoms with van der Waals surface area (Å²) in [7, 11) is 0. The summed E-state index contributed by atoms with van der Waals surface area (Å²) >= 11 is 0. The van der Waals surface area contributed by atoms with E-state index < -0.39 is 65.1 Å². The van der Waals surface area contributed by atoms with Gasteiger partial charge >= 0.3 is 12.0 Å². The second-order valence-electron chi connectivity index (χ2n) is 12.5. The third-order valence-electron chi connectivity index (χ3n) is 7.78. The van der Waals surface area contributed by atoms with E-state index in [-0.39, 0.29) is 23.9 Å². The van der Waals surface area contributed by atoms with Crippen LogP contribution in [0.15, 0.2) is 0 Å². The van der Waals surface area contributed by atoms with Crippen molar-refractivity contribution in [1.82, 2.24) is 20.9 Å². The first-order valence-electron chi connectivity index (χ1n) is 13.8. The maximum Gasteiger partial charge on any atom is 0.328 e. The van der Waals surface area contributed by atoms with Crippen molar-refractivity contribution in [3.63, 3.8) is 0 Å². The van der Waals surface area contributed by atoms with E-state index in [4.69, 9.17) is 10.5 Å². The number of nitrogens with one attached hydrogen (secondary N) is 3. The van der Waals surface area contributed by atoms with E-state index in [0.717, 1.165) is 25.7 Å². The van der Waals surface area contributed by atoms with E-state index in [1.807, 2.05) is 0 Å². The lowest BCUT2D eigenvalue weighted by Crippen LogP contribution is -2.61. The number of hydrogen-bond acceptors (Lipinski definition) is 7. The van der Waals surface area contributed by atoms with Gasteiger partial charge in [-0.05, 0) is 63.2 Å². The molecule has 0 aromatic carbocycles. The maximum absolute atomic E-state index is 13.9. The van der Waals surface area contributed by atoms with Crippen LogP contribution in [0.1, 0.15) is 73.6 Å². The van der Waals surface area contributed by atoms with Crippen molar-refractivity contribution in [1.29, 1.82) is 0 Å². The SMILES string of the molecule is CC(C)OC(=O)[C@H](C)NC(=O)N[C@H](C(=O)N1C[C@@H]2CC[C@@H]2[C@H]1C(=O)NC(CC1CC1)C(=O)C(N)=O)C(C)(C)C. The normalized spacial score (nSPS) is 24.5. The highest BCUT2D eigenvalue weighted by Gasteiger charge is 2.54. The Hall–Kier alpha value is -3.18. The quantitative estimate of drug-likeness (QED) is 0.215. The molecule has 1 aliphatic heterocycles. The molecule has 3 fully saturated rings. The van der Waals surface area contributed by atoms with E-state index in [1.165, 1.54) is 11.8 Å². The van der Waals surface area contributed by atoms with Crippen LogP contribution in [0, 0.1) is 23.2 Å². The van der Waals surface area contributed by atoms with Crippen molar-refractivity contribution in [3.05, 3.63) is 0 Å². The molecule has 1 heterocycles. The highest BCUT2D eigenvalue weighted by molar-refractivity contribution is 6.37. The Labute approximate surface area is 229 Å². The Balaban J connectivity index is 1.75. The third-order valence-corrected chi connectivity index (χ3v) is 7.78. The average Bonchev–Trinajstić information content (AvgIpc) is 3.58. The van der Waals surface area contributed by atoms with Gasteiger partial charge in [0.25, 0.3) is 5.91 Å². The van der Waals surface area contributed by atoms with Gasteiger partial charge in [0.05, 0.1) is 12.1 Å². The van der Waals surface area contributed by atoms with Crippen molar-refractivity contribution >= 4 is 35.5 Å². The summed E-state index contributed by atoms with van der Waals surface area (Å²) < 4.78 is 5.12. The lowest BCUT2D eigenvalue weighted by Gasteiger charge is -2.37. The number of primary amides is 1. The molecule has 0 bridgehead atoms. The van der Waals surface area contributed by atoms with Gasteiger partial charge in [-0.25, -0.2) is 9.59 Å². The molecular weight excluding hydrogens is 506 g/mol. The molecular formula is C27H43N5O7. The predicted octanol–water partition coefficient (Wildman–Crippen LogP) is 0.617. The van der Waals surface area contributed by atoms with E-state index >= 15 is 0 Å². The van der Waals surface area contributed by atoms with Gasteiger partial charge in [-0.2, -0.15) is 0 Å². The van der Waals surface area contributed by atoms with Crippen LogP contribution >= 0.6 is 0 Å². The largest absolute Gasteiger partial charge is 0.461 e. The number of esters is 1. The molecule has 3 aliphatic rings. The number of ether oxygens (including phenoxy) is 1. The van der Waals surface area contributed by atoms with Crippen LogP contribution in [0.3, 0.4) is 0 Å². The number of urea groups is 1. The minimum Gasteiger partial charge on any atom is -0.461 e. The van der Waals surface area contributed by atoms with Gasteiger partial charge in [0.1, 0.15) is 18.1 Å². The Morgan fingerprint density at radius 3 is 2.08 bits per heavy atom. The number of carbonyl (C=O) groups excluding carboxylic acids is 6. The van der Waals surface area contributed by atoms with Crippen LogP contribution in [-0.2, 0) is 28.7 Å². The van der Waals surface area contributed by atoms with E-state index in [9.17, 15) is 28.8 Å². The number of nitrogens with two attached hydrogens (primary N) is 1. The zero-order valence-electron chi connectivity index (χ0n) is 23.7. The van der Waals surface area contributed by atoms with E-state index in [2.05, 4.69) is 16.0 Å². The lowest BCUT2D eigenvalue weighted by molar-refractivity contribution is -0.149. The summed E-state index contributed by atoms with van der Waals surface area (Å²) in [5.41, 5.74) is 4.50. The zero-order chi connectivity index (χ0) is 29.2. The molecule has 1 saturated heterocycles. The van der Waals surface area contributed by atoms with Crippen LogP contribution in [0.5, 0.6) is 0 Å². The van der Waals surface area contributed by atoms with Crippen molar-refractivity contribution in [2.75, 3.05) is 6.54 Å². The van der Waals surface area contributed by atoms with E-state index in [1.54, 1.807) is 34.6 Å². The van der Waals surface area contributed by atoms with Crippen LogP contribution in [0.4, 0.5) is 4.79 Å². The second-order valence-corrected chi connectivity index (χ2v) is 12.5. The summed E-state index contributed by atoms with van der Waals surface area (Å²) in [6, 6.07) is -4.50. The smallest absolute Gasteiger partial charge is 0.328 e. The molecule has 218 valence electrons. The number of nitrogens with zero attached hydrogens (tertiary/aromatic N) is 1. The van der Waals surface area contributed by atoms with Gasteiger partial charge in [0.2, 0.25) is 17.6 Å².